The van der Waals surface area contributed by atoms with Crippen molar-refractivity contribution in [3.8, 4) is 0 Å². The summed E-state index contributed by atoms with van der Waals surface area (Å²) in [5.41, 5.74) is 0.461. The van der Waals surface area contributed by atoms with E-state index in [1.165, 1.54) is 0 Å². The predicted molar refractivity (Wildman–Crippen MR) is 64.8 cm³/mol. The molecule has 0 amide bonds. The molecule has 16 heavy (non-hydrogen) atoms. The summed E-state index contributed by atoms with van der Waals surface area (Å²) in [7, 11) is 0. The van der Waals surface area contributed by atoms with E-state index in [0.29, 0.717) is 30.3 Å². The van der Waals surface area contributed by atoms with Crippen LogP contribution in [-0.4, -0.2) is 19.5 Å². The number of rotatable bonds is 8. The van der Waals surface area contributed by atoms with Gasteiger partial charge in [-0.15, -0.1) is 0 Å². The number of allylic oxidation sites excluding steroid dienone is 3. The Morgan fingerprint density at radius 2 is 1.75 bits per heavy atom. The minimum atomic E-state index is 0.329. The monoisotopic (exact) mass is 222 g/mol. The van der Waals surface area contributed by atoms with E-state index >= 15 is 0 Å². The van der Waals surface area contributed by atoms with Crippen molar-refractivity contribution in [3.05, 3.63) is 48.5 Å². The van der Waals surface area contributed by atoms with Crippen molar-refractivity contribution >= 4 is 6.29 Å². The summed E-state index contributed by atoms with van der Waals surface area (Å²) in [5.74, 6) is 1.00. The fraction of sp³-hybridized carbons (Fsp3) is 0.308. The van der Waals surface area contributed by atoms with Crippen LogP contribution >= 0.6 is 0 Å². The molecule has 3 heteroatoms. The summed E-state index contributed by atoms with van der Waals surface area (Å²) < 4.78 is 10.7. The van der Waals surface area contributed by atoms with Crippen LogP contribution in [0.3, 0.4) is 0 Å². The van der Waals surface area contributed by atoms with Gasteiger partial charge in [-0.1, -0.05) is 31.4 Å². The van der Waals surface area contributed by atoms with Crippen molar-refractivity contribution < 1.29 is 14.3 Å². The van der Waals surface area contributed by atoms with Crippen LogP contribution in [-0.2, 0) is 14.3 Å². The second-order valence-electron chi connectivity index (χ2n) is 2.95. The minimum Gasteiger partial charge on any atom is -0.490 e. The lowest BCUT2D eigenvalue weighted by atomic mass is 10.2. The van der Waals surface area contributed by atoms with Gasteiger partial charge in [-0.05, 0) is 13.8 Å². The zero-order valence-electron chi connectivity index (χ0n) is 9.86. The molecule has 0 unspecified atom stereocenters. The third-order valence-corrected chi connectivity index (χ3v) is 1.78. The lowest BCUT2D eigenvalue weighted by Gasteiger charge is -2.12. The topological polar surface area (TPSA) is 35.5 Å². The summed E-state index contributed by atoms with van der Waals surface area (Å²) >= 11 is 0. The van der Waals surface area contributed by atoms with Gasteiger partial charge in [-0.2, -0.15) is 0 Å². The fourth-order valence-electron chi connectivity index (χ4n) is 1.03. The normalized spacial score (nSPS) is 12.5. The molecular formula is C13H18O3. The van der Waals surface area contributed by atoms with Gasteiger partial charge in [0, 0.05) is 0 Å². The van der Waals surface area contributed by atoms with Gasteiger partial charge in [-0.3, -0.25) is 4.79 Å². The van der Waals surface area contributed by atoms with Gasteiger partial charge in [-0.25, -0.2) is 0 Å². The Hall–Kier alpha value is -1.77. The van der Waals surface area contributed by atoms with Gasteiger partial charge in [0.1, 0.15) is 19.0 Å². The second-order valence-corrected chi connectivity index (χ2v) is 2.95. The zero-order valence-corrected chi connectivity index (χ0v) is 9.86. The van der Waals surface area contributed by atoms with E-state index in [4.69, 9.17) is 9.47 Å². The summed E-state index contributed by atoms with van der Waals surface area (Å²) in [6.07, 6.45) is 5.65. The Labute approximate surface area is 96.7 Å². The van der Waals surface area contributed by atoms with Crippen LogP contribution in [0.2, 0.25) is 0 Å². The van der Waals surface area contributed by atoms with Crippen molar-refractivity contribution in [2.75, 3.05) is 13.2 Å². The van der Waals surface area contributed by atoms with Crippen molar-refractivity contribution in [2.45, 2.75) is 13.8 Å². The van der Waals surface area contributed by atoms with Gasteiger partial charge in [0.25, 0.3) is 0 Å². The van der Waals surface area contributed by atoms with Gasteiger partial charge in [0.05, 0.1) is 5.57 Å². The zero-order chi connectivity index (χ0) is 12.4. The van der Waals surface area contributed by atoms with Crippen molar-refractivity contribution in [2.24, 2.45) is 0 Å². The highest BCUT2D eigenvalue weighted by atomic mass is 16.5. The number of hydrogen-bond acceptors (Lipinski definition) is 3. The third-order valence-electron chi connectivity index (χ3n) is 1.78. The molecule has 0 aromatic heterocycles. The molecule has 0 saturated heterocycles. The van der Waals surface area contributed by atoms with E-state index in [0.717, 1.165) is 6.29 Å². The van der Waals surface area contributed by atoms with Crippen LogP contribution in [0.5, 0.6) is 0 Å². The van der Waals surface area contributed by atoms with Gasteiger partial charge in [0.15, 0.2) is 12.0 Å². The lowest BCUT2D eigenvalue weighted by molar-refractivity contribution is -0.105. The molecule has 0 fully saturated rings. The van der Waals surface area contributed by atoms with E-state index in [2.05, 4.69) is 13.2 Å². The summed E-state index contributed by atoms with van der Waals surface area (Å²) in [4.78, 5) is 10.8. The van der Waals surface area contributed by atoms with E-state index < -0.39 is 0 Å². The van der Waals surface area contributed by atoms with Crippen LogP contribution in [0.25, 0.3) is 0 Å². The Morgan fingerprint density at radius 3 is 2.19 bits per heavy atom. The molecule has 0 rings (SSSR count). The van der Waals surface area contributed by atoms with Crippen LogP contribution in [0.4, 0.5) is 0 Å². The number of aldehydes is 1. The maximum absolute atomic E-state index is 10.8. The molecule has 0 aromatic carbocycles. The highest BCUT2D eigenvalue weighted by molar-refractivity contribution is 5.79. The average molecular weight is 222 g/mol. The summed E-state index contributed by atoms with van der Waals surface area (Å²) in [6, 6.07) is 0. The average Bonchev–Trinajstić information content (AvgIpc) is 2.31. The Kier molecular flexibility index (Phi) is 7.59. The molecule has 0 N–H and O–H groups in total. The van der Waals surface area contributed by atoms with E-state index in [-0.39, 0.29) is 0 Å². The van der Waals surface area contributed by atoms with E-state index in [1.54, 1.807) is 32.1 Å². The summed E-state index contributed by atoms with van der Waals surface area (Å²) in [6.45, 7) is 11.3. The molecule has 0 aliphatic rings. The molecule has 0 aliphatic carbocycles. The van der Waals surface area contributed by atoms with Crippen molar-refractivity contribution in [1.82, 2.24) is 0 Å². The molecule has 0 spiro atoms. The van der Waals surface area contributed by atoms with Crippen molar-refractivity contribution in [3.63, 3.8) is 0 Å². The molecule has 0 aromatic rings. The molecule has 0 bridgehead atoms. The smallest absolute Gasteiger partial charge is 0.167 e. The Balaban J connectivity index is 4.94. The molecule has 0 saturated carbocycles. The molecule has 0 heterocycles. The van der Waals surface area contributed by atoms with Gasteiger partial charge in [0.2, 0.25) is 0 Å². The highest BCUT2D eigenvalue weighted by Crippen LogP contribution is 2.16. The number of ether oxygens (including phenoxy) is 2. The first-order valence-corrected chi connectivity index (χ1v) is 5.01. The first-order valence-electron chi connectivity index (χ1n) is 5.01. The van der Waals surface area contributed by atoms with Gasteiger partial charge >= 0.3 is 0 Å². The second kappa shape index (κ2) is 8.53. The number of carbonyl (C=O) groups excluding carboxylic acids is 1. The predicted octanol–water partition coefficient (Wildman–Crippen LogP) is 2.77. The standard InChI is InChI=1S/C13H18O3/c1-5-8-15-11(4)13(16-9-6-2)12(7-3)10-14/h5-7,10H,1-2,8-9H2,3-4H3. The van der Waals surface area contributed by atoms with Crippen LogP contribution in [0.1, 0.15) is 13.8 Å². The number of hydrogen-bond donors (Lipinski definition) is 0. The Morgan fingerprint density at radius 1 is 1.19 bits per heavy atom. The molecule has 3 nitrogen and oxygen atoms in total. The van der Waals surface area contributed by atoms with E-state index in [9.17, 15) is 4.79 Å². The maximum Gasteiger partial charge on any atom is 0.167 e. The summed E-state index contributed by atoms with van der Waals surface area (Å²) in [5, 5.41) is 0. The largest absolute Gasteiger partial charge is 0.490 e. The fourth-order valence-corrected chi connectivity index (χ4v) is 1.03. The molecule has 88 valence electrons. The number of carbonyl (C=O) groups is 1. The van der Waals surface area contributed by atoms with Crippen LogP contribution in [0.15, 0.2) is 48.5 Å². The molecule has 0 aliphatic heterocycles. The first-order chi connectivity index (χ1) is 7.71. The van der Waals surface area contributed by atoms with Crippen LogP contribution < -0.4 is 0 Å². The molecular weight excluding hydrogens is 204 g/mol. The van der Waals surface area contributed by atoms with Crippen LogP contribution in [0, 0.1) is 0 Å². The first kappa shape index (κ1) is 14.2. The SMILES string of the molecule is C=CCOC(C)=C(OCC=C)C(C=O)=CC. The third kappa shape index (κ3) is 4.64. The van der Waals surface area contributed by atoms with Crippen molar-refractivity contribution in [1.29, 1.82) is 0 Å². The highest BCUT2D eigenvalue weighted by Gasteiger charge is 2.10. The Bertz CT molecular complexity index is 311. The molecule has 0 atom stereocenters. The van der Waals surface area contributed by atoms with E-state index in [1.807, 2.05) is 0 Å². The van der Waals surface area contributed by atoms with Gasteiger partial charge < -0.3 is 9.47 Å². The minimum absolute atomic E-state index is 0.329. The molecule has 0 radical (unpaired) electrons. The lowest BCUT2D eigenvalue weighted by Crippen LogP contribution is -2.03. The quantitative estimate of drug-likeness (QED) is 0.208. The maximum atomic E-state index is 10.8.